The second-order valence-electron chi connectivity index (χ2n) is 7.50. The summed E-state index contributed by atoms with van der Waals surface area (Å²) in [6.07, 6.45) is 0.714. The highest BCUT2D eigenvalue weighted by Gasteiger charge is 2.39. The van der Waals surface area contributed by atoms with Gasteiger partial charge in [0.1, 0.15) is 5.82 Å². The highest BCUT2D eigenvalue weighted by Crippen LogP contribution is 2.45. The van der Waals surface area contributed by atoms with Gasteiger partial charge in [0.25, 0.3) is 5.91 Å². The number of amides is 1. The molecule has 5 heteroatoms. The second kappa shape index (κ2) is 7.62. The Kier molecular flexibility index (Phi) is 4.80. The molecular formula is C25H20ClFN2O. The van der Waals surface area contributed by atoms with Gasteiger partial charge in [-0.25, -0.2) is 4.39 Å². The minimum Gasteiger partial charge on any atom is -0.354 e. The van der Waals surface area contributed by atoms with Crippen LogP contribution >= 0.6 is 11.6 Å². The van der Waals surface area contributed by atoms with Crippen LogP contribution in [0, 0.1) is 5.82 Å². The van der Waals surface area contributed by atoms with Gasteiger partial charge in [-0.05, 0) is 53.9 Å². The molecule has 3 nitrogen and oxygen atoms in total. The summed E-state index contributed by atoms with van der Waals surface area (Å²) in [4.78, 5) is 18.7. The van der Waals surface area contributed by atoms with Gasteiger partial charge in [0, 0.05) is 34.5 Å². The molecule has 5 rings (SSSR count). The van der Waals surface area contributed by atoms with E-state index in [1.54, 1.807) is 12.1 Å². The van der Waals surface area contributed by atoms with Crippen molar-refractivity contribution in [2.24, 2.45) is 0 Å². The average molecular weight is 419 g/mol. The number of rotatable bonds is 5. The van der Waals surface area contributed by atoms with Crippen molar-refractivity contribution in [3.8, 4) is 11.3 Å². The van der Waals surface area contributed by atoms with Crippen LogP contribution in [0.25, 0.3) is 22.2 Å². The van der Waals surface area contributed by atoms with E-state index in [9.17, 15) is 9.18 Å². The first-order chi connectivity index (χ1) is 14.7. The molecule has 0 unspecified atom stereocenters. The molecule has 0 saturated carbocycles. The molecule has 1 amide bonds. The number of hydrogen-bond donors (Lipinski definition) is 1. The number of fused-ring (bicyclic) bond motifs is 2. The lowest BCUT2D eigenvalue weighted by atomic mass is 9.93. The van der Waals surface area contributed by atoms with Crippen LogP contribution in [0.5, 0.6) is 0 Å². The highest BCUT2D eigenvalue weighted by atomic mass is 35.5. The van der Waals surface area contributed by atoms with E-state index in [2.05, 4.69) is 11.1 Å². The van der Waals surface area contributed by atoms with E-state index in [1.165, 1.54) is 12.1 Å². The summed E-state index contributed by atoms with van der Waals surface area (Å²) in [5, 5.41) is 1.06. The molecule has 1 N–H and O–H groups in total. The number of benzene rings is 3. The number of nitrogens with one attached hydrogen (secondary N) is 1. The fourth-order valence-corrected chi connectivity index (χ4v) is 4.55. The van der Waals surface area contributed by atoms with Crippen LogP contribution in [0.4, 0.5) is 4.39 Å². The molecule has 1 aliphatic rings. The van der Waals surface area contributed by atoms with Crippen LogP contribution in [0.3, 0.4) is 0 Å². The van der Waals surface area contributed by atoms with Crippen molar-refractivity contribution in [2.45, 2.75) is 12.5 Å². The summed E-state index contributed by atoms with van der Waals surface area (Å²) in [7, 11) is 0. The maximum absolute atomic E-state index is 13.6. The molecular weight excluding hydrogens is 399 g/mol. The zero-order chi connectivity index (χ0) is 20.7. The van der Waals surface area contributed by atoms with Crippen molar-refractivity contribution < 1.29 is 9.18 Å². The fraction of sp³-hybridized carbons (Fsp3) is 0.160. The van der Waals surface area contributed by atoms with Crippen LogP contribution < -0.4 is 0 Å². The number of hydrogen-bond acceptors (Lipinski definition) is 1. The Hall–Kier alpha value is -3.11. The van der Waals surface area contributed by atoms with E-state index >= 15 is 0 Å². The van der Waals surface area contributed by atoms with Crippen molar-refractivity contribution in [3.05, 3.63) is 95.3 Å². The third-order valence-corrected chi connectivity index (χ3v) is 6.01. The molecule has 0 fully saturated rings. The van der Waals surface area contributed by atoms with E-state index in [0.29, 0.717) is 18.8 Å². The molecule has 4 aromatic rings. The lowest BCUT2D eigenvalue weighted by molar-refractivity contribution is 0.0751. The molecule has 1 aliphatic heterocycles. The van der Waals surface area contributed by atoms with E-state index in [1.807, 2.05) is 47.4 Å². The summed E-state index contributed by atoms with van der Waals surface area (Å²) in [6, 6.07) is 22.1. The Bertz CT molecular complexity index is 1230. The molecule has 1 atom stereocenters. The summed E-state index contributed by atoms with van der Waals surface area (Å²) >= 11 is 5.97. The van der Waals surface area contributed by atoms with E-state index in [0.717, 1.165) is 38.9 Å². The predicted octanol–water partition coefficient (Wildman–Crippen LogP) is 6.15. The maximum atomic E-state index is 13.6. The van der Waals surface area contributed by atoms with Gasteiger partial charge in [0.05, 0.1) is 11.7 Å². The number of para-hydroxylation sites is 1. The highest BCUT2D eigenvalue weighted by molar-refractivity contribution is 6.17. The van der Waals surface area contributed by atoms with E-state index in [4.69, 9.17) is 11.6 Å². The van der Waals surface area contributed by atoms with Gasteiger partial charge in [0.15, 0.2) is 0 Å². The summed E-state index contributed by atoms with van der Waals surface area (Å²) in [5.41, 5.74) is 5.53. The molecule has 0 bridgehead atoms. The zero-order valence-corrected chi connectivity index (χ0v) is 17.0. The Balaban J connectivity index is 1.77. The smallest absolute Gasteiger partial charge is 0.255 e. The average Bonchev–Trinajstić information content (AvgIpc) is 3.28. The van der Waals surface area contributed by atoms with Crippen molar-refractivity contribution in [1.29, 1.82) is 0 Å². The van der Waals surface area contributed by atoms with Crippen molar-refractivity contribution in [2.75, 3.05) is 12.4 Å². The maximum Gasteiger partial charge on any atom is 0.255 e. The number of aromatic nitrogens is 1. The first-order valence-corrected chi connectivity index (χ1v) is 10.5. The number of halogens is 2. The summed E-state index contributed by atoms with van der Waals surface area (Å²) in [5.74, 6) is 0.239. The molecule has 30 heavy (non-hydrogen) atoms. The molecule has 150 valence electrons. The molecule has 2 heterocycles. The SMILES string of the molecule is O=C1c2ccccc2[C@@H](c2c(-c3ccc(F)cc3)[nH]c3ccccc23)N1CCCCl. The van der Waals surface area contributed by atoms with E-state index < -0.39 is 0 Å². The summed E-state index contributed by atoms with van der Waals surface area (Å²) < 4.78 is 13.6. The van der Waals surface area contributed by atoms with Crippen LogP contribution in [-0.4, -0.2) is 28.2 Å². The first-order valence-electron chi connectivity index (χ1n) is 10.0. The normalized spacial score (nSPS) is 15.7. The van der Waals surface area contributed by atoms with Gasteiger partial charge >= 0.3 is 0 Å². The number of carbonyl (C=O) groups is 1. The van der Waals surface area contributed by atoms with Gasteiger partial charge in [-0.1, -0.05) is 36.4 Å². The molecule has 1 aromatic heterocycles. The minimum absolute atomic E-state index is 0.0241. The number of carbonyl (C=O) groups excluding carboxylic acids is 1. The molecule has 0 spiro atoms. The third kappa shape index (κ3) is 2.99. The van der Waals surface area contributed by atoms with E-state index in [-0.39, 0.29) is 17.8 Å². The number of H-pyrrole nitrogens is 1. The number of nitrogens with zero attached hydrogens (tertiary/aromatic N) is 1. The Morgan fingerprint density at radius 1 is 0.967 bits per heavy atom. The minimum atomic E-state index is -0.276. The number of aromatic amines is 1. The van der Waals surface area contributed by atoms with Gasteiger partial charge in [0.2, 0.25) is 0 Å². The summed E-state index contributed by atoms with van der Waals surface area (Å²) in [6.45, 7) is 0.573. The monoisotopic (exact) mass is 418 g/mol. The molecule has 3 aromatic carbocycles. The Morgan fingerprint density at radius 2 is 1.70 bits per heavy atom. The third-order valence-electron chi connectivity index (χ3n) is 5.74. The Morgan fingerprint density at radius 3 is 2.50 bits per heavy atom. The largest absolute Gasteiger partial charge is 0.354 e. The first kappa shape index (κ1) is 18.9. The van der Waals surface area contributed by atoms with Crippen LogP contribution in [0.15, 0.2) is 72.8 Å². The van der Waals surface area contributed by atoms with Gasteiger partial charge < -0.3 is 9.88 Å². The van der Waals surface area contributed by atoms with Crippen LogP contribution in [0.1, 0.15) is 33.9 Å². The molecule has 0 aliphatic carbocycles. The Labute approximate surface area is 179 Å². The quantitative estimate of drug-likeness (QED) is 0.388. The standard InChI is InChI=1S/C25H20ClFN2O/c26-14-5-15-29-24(18-6-1-2-7-19(18)25(29)30)22-20-8-3-4-9-21(20)28-23(22)16-10-12-17(27)13-11-16/h1-4,6-13,24,28H,5,14-15H2/t24-/m0/s1. The van der Waals surface area contributed by atoms with Crippen LogP contribution in [0.2, 0.25) is 0 Å². The second-order valence-corrected chi connectivity index (χ2v) is 7.87. The van der Waals surface area contributed by atoms with Crippen molar-refractivity contribution in [1.82, 2.24) is 9.88 Å². The molecule has 0 radical (unpaired) electrons. The van der Waals surface area contributed by atoms with Crippen molar-refractivity contribution in [3.63, 3.8) is 0 Å². The predicted molar refractivity (Wildman–Crippen MR) is 118 cm³/mol. The van der Waals surface area contributed by atoms with Gasteiger partial charge in [-0.15, -0.1) is 11.6 Å². The number of alkyl halides is 1. The molecule has 0 saturated heterocycles. The lowest BCUT2D eigenvalue weighted by Crippen LogP contribution is -2.30. The van der Waals surface area contributed by atoms with Gasteiger partial charge in [-0.3, -0.25) is 4.79 Å². The topological polar surface area (TPSA) is 36.1 Å². The lowest BCUT2D eigenvalue weighted by Gasteiger charge is -2.26. The van der Waals surface area contributed by atoms with Gasteiger partial charge in [-0.2, -0.15) is 0 Å². The van der Waals surface area contributed by atoms with Crippen LogP contribution in [-0.2, 0) is 0 Å². The van der Waals surface area contributed by atoms with Crippen molar-refractivity contribution >= 4 is 28.4 Å². The zero-order valence-electron chi connectivity index (χ0n) is 16.2. The fourth-order valence-electron chi connectivity index (χ4n) is 4.43.